The lowest BCUT2D eigenvalue weighted by Crippen LogP contribution is -2.22. The number of aliphatic hydroxyl groups is 2. The molecular weight excluding hydrogens is 354 g/mol. The predicted octanol–water partition coefficient (Wildman–Crippen LogP) is -0.0785. The van der Waals surface area contributed by atoms with E-state index < -0.39 is 24.0 Å². The molecule has 4 rings (SSSR count). The summed E-state index contributed by atoms with van der Waals surface area (Å²) in [6.07, 6.45) is -2.14. The van der Waals surface area contributed by atoms with E-state index in [0.717, 1.165) is 5.56 Å². The van der Waals surface area contributed by atoms with E-state index in [4.69, 9.17) is 15.2 Å². The van der Waals surface area contributed by atoms with Crippen LogP contribution >= 0.6 is 0 Å². The molecule has 3 heterocycles. The number of nitrogens with one attached hydrogen (secondary N) is 1. The molecule has 10 heteroatoms. The highest BCUT2D eigenvalue weighted by molar-refractivity contribution is 5.72. The molecule has 10 nitrogen and oxygen atoms in total. The smallest absolute Gasteiger partial charge is 0.301 e. The Labute approximate surface area is 153 Å². The molecule has 0 bridgehead atoms. The second kappa shape index (κ2) is 6.99. The van der Waals surface area contributed by atoms with Crippen LogP contribution in [0, 0.1) is 0 Å². The Kier molecular flexibility index (Phi) is 4.52. The number of imidazole rings is 1. The molecule has 0 unspecified atom stereocenters. The van der Waals surface area contributed by atoms with Gasteiger partial charge in [-0.3, -0.25) is 9.78 Å². The zero-order valence-corrected chi connectivity index (χ0v) is 14.3. The molecule has 3 aromatic rings. The lowest BCUT2D eigenvalue weighted by atomic mass is 10.2. The summed E-state index contributed by atoms with van der Waals surface area (Å²) in [5, 5.41) is 19.7. The van der Waals surface area contributed by atoms with Crippen LogP contribution in [0.15, 0.2) is 35.1 Å². The van der Waals surface area contributed by atoms with E-state index >= 15 is 0 Å². The van der Waals surface area contributed by atoms with E-state index in [9.17, 15) is 15.0 Å². The van der Waals surface area contributed by atoms with Crippen molar-refractivity contribution in [1.29, 1.82) is 0 Å². The molecule has 0 aliphatic carbocycles. The number of aromatic amines is 1. The van der Waals surface area contributed by atoms with E-state index in [0.29, 0.717) is 0 Å². The average Bonchev–Trinajstić information content (AvgIpc) is 3.20. The molecule has 1 fully saturated rings. The van der Waals surface area contributed by atoms with Gasteiger partial charge in [0.15, 0.2) is 17.4 Å². The third-order valence-electron chi connectivity index (χ3n) is 4.37. The minimum Gasteiger partial charge on any atom is -0.460 e. The summed E-state index contributed by atoms with van der Waals surface area (Å²) >= 11 is 0. The first kappa shape index (κ1) is 17.5. The first-order valence-corrected chi connectivity index (χ1v) is 8.45. The van der Waals surface area contributed by atoms with Gasteiger partial charge < -0.3 is 25.4 Å². The molecule has 1 aromatic carbocycles. The summed E-state index contributed by atoms with van der Waals surface area (Å²) in [5.41, 5.74) is 6.21. The normalized spacial score (nSPS) is 22.4. The zero-order valence-electron chi connectivity index (χ0n) is 14.3. The van der Waals surface area contributed by atoms with Gasteiger partial charge in [0, 0.05) is 6.42 Å². The number of anilines is 1. The molecule has 2 aromatic heterocycles. The van der Waals surface area contributed by atoms with Crippen molar-refractivity contribution < 1.29 is 19.7 Å². The topological polar surface area (TPSA) is 149 Å². The molecule has 0 amide bonds. The maximum Gasteiger partial charge on any atom is 0.301 e. The third-order valence-corrected chi connectivity index (χ3v) is 4.37. The Bertz CT molecular complexity index is 1000. The minimum atomic E-state index is -0.930. The first-order valence-electron chi connectivity index (χ1n) is 8.45. The molecule has 1 aliphatic heterocycles. The van der Waals surface area contributed by atoms with Gasteiger partial charge in [0.2, 0.25) is 5.95 Å². The standard InChI is InChI=1S/C17H19N5O5/c18-16-20-13-12(14(25)21-16)19-17(26-8-9-4-2-1-3-5-9)22(13)15-11(24)6-10(7-23)27-15/h1-5,10-11,15,23-24H,6-8H2,(H3,18,20,21,25)/t10-,11+,15+/m0/s1. The molecule has 142 valence electrons. The van der Waals surface area contributed by atoms with Crippen LogP contribution in [0.5, 0.6) is 6.01 Å². The Morgan fingerprint density at radius 1 is 1.33 bits per heavy atom. The van der Waals surface area contributed by atoms with Gasteiger partial charge in [-0.1, -0.05) is 30.3 Å². The summed E-state index contributed by atoms with van der Waals surface area (Å²) in [6.45, 7) is -0.0413. The minimum absolute atomic E-state index is 0.0236. The van der Waals surface area contributed by atoms with Crippen molar-refractivity contribution in [2.24, 2.45) is 0 Å². The Morgan fingerprint density at radius 3 is 2.81 bits per heavy atom. The first-order chi connectivity index (χ1) is 13.1. The molecule has 0 saturated carbocycles. The van der Waals surface area contributed by atoms with Crippen LogP contribution in [0.1, 0.15) is 18.2 Å². The number of aromatic nitrogens is 4. The maximum atomic E-state index is 12.2. The van der Waals surface area contributed by atoms with Crippen LogP contribution in [-0.2, 0) is 11.3 Å². The quantitative estimate of drug-likeness (QED) is 0.485. The van der Waals surface area contributed by atoms with Crippen LogP contribution in [0.2, 0.25) is 0 Å². The Hall–Kier alpha value is -2.95. The number of hydrogen-bond donors (Lipinski definition) is 4. The van der Waals surface area contributed by atoms with Crippen molar-refractivity contribution in [2.75, 3.05) is 12.3 Å². The highest BCUT2D eigenvalue weighted by atomic mass is 16.6. The molecule has 5 N–H and O–H groups in total. The number of aliphatic hydroxyl groups excluding tert-OH is 2. The number of rotatable bonds is 5. The second-order valence-electron chi connectivity index (χ2n) is 6.30. The summed E-state index contributed by atoms with van der Waals surface area (Å²) < 4.78 is 12.9. The third kappa shape index (κ3) is 3.25. The number of H-pyrrole nitrogens is 1. The van der Waals surface area contributed by atoms with Crippen LogP contribution in [0.25, 0.3) is 11.2 Å². The fourth-order valence-corrected chi connectivity index (χ4v) is 3.11. The van der Waals surface area contributed by atoms with Crippen LogP contribution in [0.4, 0.5) is 5.95 Å². The van der Waals surface area contributed by atoms with Crippen molar-refractivity contribution in [1.82, 2.24) is 19.5 Å². The lowest BCUT2D eigenvalue weighted by Gasteiger charge is -2.19. The zero-order chi connectivity index (χ0) is 19.0. The molecule has 27 heavy (non-hydrogen) atoms. The van der Waals surface area contributed by atoms with Crippen molar-refractivity contribution in [3.63, 3.8) is 0 Å². The molecule has 0 spiro atoms. The van der Waals surface area contributed by atoms with Crippen LogP contribution in [0.3, 0.4) is 0 Å². The number of nitrogens with two attached hydrogens (primary N) is 1. The maximum absolute atomic E-state index is 12.2. The van der Waals surface area contributed by atoms with E-state index in [-0.39, 0.29) is 42.8 Å². The highest BCUT2D eigenvalue weighted by Gasteiger charge is 2.38. The molecule has 0 radical (unpaired) electrons. The number of ether oxygens (including phenoxy) is 2. The lowest BCUT2D eigenvalue weighted by molar-refractivity contribution is -0.0525. The second-order valence-corrected chi connectivity index (χ2v) is 6.30. The van der Waals surface area contributed by atoms with Crippen LogP contribution in [-0.4, -0.2) is 48.5 Å². The van der Waals surface area contributed by atoms with Crippen molar-refractivity contribution >= 4 is 17.1 Å². The monoisotopic (exact) mass is 373 g/mol. The van der Waals surface area contributed by atoms with Gasteiger partial charge in [0.05, 0.1) is 12.7 Å². The molecular formula is C17H19N5O5. The fraction of sp³-hybridized carbons (Fsp3) is 0.353. The van der Waals surface area contributed by atoms with Crippen molar-refractivity contribution in [2.45, 2.75) is 31.5 Å². The molecule has 3 atom stereocenters. The predicted molar refractivity (Wildman–Crippen MR) is 95.0 cm³/mol. The van der Waals surface area contributed by atoms with Crippen LogP contribution < -0.4 is 16.0 Å². The van der Waals surface area contributed by atoms with Crippen molar-refractivity contribution in [3.05, 3.63) is 46.2 Å². The van der Waals surface area contributed by atoms with Gasteiger partial charge in [-0.05, 0) is 5.56 Å². The van der Waals surface area contributed by atoms with Crippen molar-refractivity contribution in [3.8, 4) is 6.01 Å². The Morgan fingerprint density at radius 2 is 2.11 bits per heavy atom. The summed E-state index contributed by atoms with van der Waals surface area (Å²) in [4.78, 5) is 22.9. The number of hydrogen-bond acceptors (Lipinski definition) is 8. The van der Waals surface area contributed by atoms with E-state index in [1.807, 2.05) is 30.3 Å². The van der Waals surface area contributed by atoms with Gasteiger partial charge in [0.1, 0.15) is 12.7 Å². The molecule has 1 aliphatic rings. The van der Waals surface area contributed by atoms with Gasteiger partial charge >= 0.3 is 6.01 Å². The van der Waals surface area contributed by atoms with E-state index in [1.165, 1.54) is 4.57 Å². The number of benzene rings is 1. The average molecular weight is 373 g/mol. The molecule has 1 saturated heterocycles. The summed E-state index contributed by atoms with van der Waals surface area (Å²) in [5.74, 6) is -0.0885. The van der Waals surface area contributed by atoms with Gasteiger partial charge in [-0.25, -0.2) is 4.57 Å². The van der Waals surface area contributed by atoms with Gasteiger partial charge in [-0.2, -0.15) is 9.97 Å². The number of nitrogen functional groups attached to an aromatic ring is 1. The summed E-state index contributed by atoms with van der Waals surface area (Å²) in [6, 6.07) is 9.49. The highest BCUT2D eigenvalue weighted by Crippen LogP contribution is 2.34. The fourth-order valence-electron chi connectivity index (χ4n) is 3.11. The van der Waals surface area contributed by atoms with Gasteiger partial charge in [-0.15, -0.1) is 0 Å². The largest absolute Gasteiger partial charge is 0.460 e. The summed E-state index contributed by atoms with van der Waals surface area (Å²) in [7, 11) is 0. The SMILES string of the molecule is Nc1nc2c(nc(OCc3ccccc3)n2[C@@H]2O[C@H](CO)C[C@H]2O)c(=O)[nH]1. The van der Waals surface area contributed by atoms with Gasteiger partial charge in [0.25, 0.3) is 5.56 Å². The number of fused-ring (bicyclic) bond motifs is 1. The van der Waals surface area contributed by atoms with E-state index in [2.05, 4.69) is 15.0 Å². The Balaban J connectivity index is 1.77. The van der Waals surface area contributed by atoms with E-state index in [1.54, 1.807) is 0 Å². The number of nitrogens with zero attached hydrogens (tertiary/aromatic N) is 3.